The second kappa shape index (κ2) is 5.74. The summed E-state index contributed by atoms with van der Waals surface area (Å²) in [5.41, 5.74) is 1.03. The highest BCUT2D eigenvalue weighted by molar-refractivity contribution is 5.59. The third-order valence-electron chi connectivity index (χ3n) is 2.70. The highest BCUT2D eigenvalue weighted by atomic mass is 16.5. The van der Waals surface area contributed by atoms with E-state index in [1.54, 1.807) is 7.11 Å². The molecule has 0 unspecified atom stereocenters. The van der Waals surface area contributed by atoms with Gasteiger partial charge in [-0.05, 0) is 24.3 Å². The molecule has 0 saturated heterocycles. The van der Waals surface area contributed by atoms with Crippen LogP contribution >= 0.6 is 0 Å². The van der Waals surface area contributed by atoms with Gasteiger partial charge in [-0.3, -0.25) is 0 Å². The minimum absolute atomic E-state index is 0.454. The van der Waals surface area contributed by atoms with Crippen LogP contribution < -0.4 is 10.1 Å². The van der Waals surface area contributed by atoms with Crippen LogP contribution in [0.2, 0.25) is 0 Å². The molecule has 0 atom stereocenters. The number of furan rings is 1. The first-order chi connectivity index (χ1) is 8.69. The van der Waals surface area contributed by atoms with Gasteiger partial charge in [-0.1, -0.05) is 26.0 Å². The van der Waals surface area contributed by atoms with E-state index in [1.165, 1.54) is 0 Å². The van der Waals surface area contributed by atoms with Crippen LogP contribution in [0.25, 0.3) is 11.3 Å². The first-order valence-corrected chi connectivity index (χ1v) is 6.15. The molecule has 1 N–H and O–H groups in total. The summed E-state index contributed by atoms with van der Waals surface area (Å²) in [5, 5.41) is 3.33. The first kappa shape index (κ1) is 12.7. The van der Waals surface area contributed by atoms with Crippen molar-refractivity contribution in [3.8, 4) is 17.1 Å². The second-order valence-corrected chi connectivity index (χ2v) is 4.53. The van der Waals surface area contributed by atoms with Crippen LogP contribution in [-0.2, 0) is 6.54 Å². The van der Waals surface area contributed by atoms with Gasteiger partial charge < -0.3 is 14.5 Å². The average Bonchev–Trinajstić information content (AvgIpc) is 2.85. The van der Waals surface area contributed by atoms with Crippen LogP contribution in [0.3, 0.4) is 0 Å². The van der Waals surface area contributed by atoms with Crippen LogP contribution in [0.15, 0.2) is 40.8 Å². The molecule has 0 radical (unpaired) electrons. The lowest BCUT2D eigenvalue weighted by molar-refractivity contribution is 0.414. The number of benzene rings is 1. The van der Waals surface area contributed by atoms with Gasteiger partial charge in [0.1, 0.15) is 17.3 Å². The number of hydrogen-bond donors (Lipinski definition) is 1. The summed E-state index contributed by atoms with van der Waals surface area (Å²) in [7, 11) is 1.67. The fourth-order valence-electron chi connectivity index (χ4n) is 1.71. The lowest BCUT2D eigenvalue weighted by atomic mass is 10.2. The number of nitrogens with one attached hydrogen (secondary N) is 1. The Hall–Kier alpha value is -1.74. The predicted molar refractivity (Wildman–Crippen MR) is 72.7 cm³/mol. The van der Waals surface area contributed by atoms with Crippen LogP contribution in [0.4, 0.5) is 0 Å². The standard InChI is InChI=1S/C15H19NO2/c1-11(2)16-10-14-7-8-15(18-14)12-5-4-6-13(9-12)17-3/h4-9,11,16H,10H2,1-3H3. The van der Waals surface area contributed by atoms with Crippen molar-refractivity contribution in [1.82, 2.24) is 5.32 Å². The first-order valence-electron chi connectivity index (χ1n) is 6.15. The molecule has 1 aromatic heterocycles. The van der Waals surface area contributed by atoms with Crippen molar-refractivity contribution in [2.45, 2.75) is 26.4 Å². The summed E-state index contributed by atoms with van der Waals surface area (Å²) >= 11 is 0. The molecule has 3 nitrogen and oxygen atoms in total. The third-order valence-corrected chi connectivity index (χ3v) is 2.70. The summed E-state index contributed by atoms with van der Waals surface area (Å²) in [6.07, 6.45) is 0. The van der Waals surface area contributed by atoms with E-state index in [1.807, 2.05) is 36.4 Å². The van der Waals surface area contributed by atoms with E-state index >= 15 is 0 Å². The van der Waals surface area contributed by atoms with Gasteiger partial charge in [-0.25, -0.2) is 0 Å². The van der Waals surface area contributed by atoms with Gasteiger partial charge in [0, 0.05) is 11.6 Å². The van der Waals surface area contributed by atoms with Crippen molar-refractivity contribution < 1.29 is 9.15 Å². The molecule has 0 fully saturated rings. The smallest absolute Gasteiger partial charge is 0.134 e. The van der Waals surface area contributed by atoms with Gasteiger partial charge in [0.05, 0.1) is 13.7 Å². The van der Waals surface area contributed by atoms with E-state index < -0.39 is 0 Å². The molecule has 0 saturated carbocycles. The molecule has 2 rings (SSSR count). The fraction of sp³-hybridized carbons (Fsp3) is 0.333. The minimum Gasteiger partial charge on any atom is -0.497 e. The number of rotatable bonds is 5. The molecule has 0 spiro atoms. The Morgan fingerprint density at radius 1 is 1.22 bits per heavy atom. The molecule has 96 valence electrons. The number of methoxy groups -OCH3 is 1. The van der Waals surface area contributed by atoms with E-state index in [4.69, 9.17) is 9.15 Å². The highest BCUT2D eigenvalue weighted by Gasteiger charge is 2.06. The Morgan fingerprint density at radius 2 is 2.06 bits per heavy atom. The molecule has 2 aromatic rings. The summed E-state index contributed by atoms with van der Waals surface area (Å²) in [5.74, 6) is 2.65. The summed E-state index contributed by atoms with van der Waals surface area (Å²) in [6, 6.07) is 12.3. The number of hydrogen-bond acceptors (Lipinski definition) is 3. The molecule has 1 aromatic carbocycles. The summed E-state index contributed by atoms with van der Waals surface area (Å²) in [6.45, 7) is 4.99. The van der Waals surface area contributed by atoms with Gasteiger partial charge >= 0.3 is 0 Å². The van der Waals surface area contributed by atoms with Crippen LogP contribution in [-0.4, -0.2) is 13.2 Å². The Balaban J connectivity index is 2.13. The highest BCUT2D eigenvalue weighted by Crippen LogP contribution is 2.25. The fourth-order valence-corrected chi connectivity index (χ4v) is 1.71. The van der Waals surface area contributed by atoms with Crippen molar-refractivity contribution in [3.05, 3.63) is 42.2 Å². The molecular formula is C15H19NO2. The molecule has 0 aliphatic rings. The Labute approximate surface area is 108 Å². The van der Waals surface area contributed by atoms with Crippen LogP contribution in [0.5, 0.6) is 5.75 Å². The monoisotopic (exact) mass is 245 g/mol. The van der Waals surface area contributed by atoms with Gasteiger partial charge in [0.2, 0.25) is 0 Å². The zero-order chi connectivity index (χ0) is 13.0. The second-order valence-electron chi connectivity index (χ2n) is 4.53. The quantitative estimate of drug-likeness (QED) is 0.876. The van der Waals surface area contributed by atoms with Crippen molar-refractivity contribution >= 4 is 0 Å². The molecular weight excluding hydrogens is 226 g/mol. The Kier molecular flexibility index (Phi) is 4.05. The van der Waals surface area contributed by atoms with Gasteiger partial charge in [0.15, 0.2) is 0 Å². The molecule has 0 aliphatic carbocycles. The summed E-state index contributed by atoms with van der Waals surface area (Å²) in [4.78, 5) is 0. The predicted octanol–water partition coefficient (Wildman–Crippen LogP) is 3.45. The summed E-state index contributed by atoms with van der Waals surface area (Å²) < 4.78 is 11.0. The lowest BCUT2D eigenvalue weighted by Crippen LogP contribution is -2.21. The van der Waals surface area contributed by atoms with Crippen molar-refractivity contribution in [3.63, 3.8) is 0 Å². The Morgan fingerprint density at radius 3 is 2.78 bits per heavy atom. The maximum atomic E-state index is 5.80. The van der Waals surface area contributed by atoms with Crippen LogP contribution in [0.1, 0.15) is 19.6 Å². The molecule has 0 aliphatic heterocycles. The topological polar surface area (TPSA) is 34.4 Å². The minimum atomic E-state index is 0.454. The van der Waals surface area contributed by atoms with Crippen molar-refractivity contribution in [1.29, 1.82) is 0 Å². The normalized spacial score (nSPS) is 10.9. The van der Waals surface area contributed by atoms with Crippen molar-refractivity contribution in [2.24, 2.45) is 0 Å². The molecule has 0 amide bonds. The Bertz CT molecular complexity index is 503. The zero-order valence-corrected chi connectivity index (χ0v) is 11.1. The molecule has 1 heterocycles. The molecule has 0 bridgehead atoms. The maximum absolute atomic E-state index is 5.80. The molecule has 18 heavy (non-hydrogen) atoms. The molecule has 3 heteroatoms. The van der Waals surface area contributed by atoms with E-state index in [-0.39, 0.29) is 0 Å². The zero-order valence-electron chi connectivity index (χ0n) is 11.1. The van der Waals surface area contributed by atoms with E-state index in [2.05, 4.69) is 19.2 Å². The maximum Gasteiger partial charge on any atom is 0.134 e. The van der Waals surface area contributed by atoms with E-state index in [9.17, 15) is 0 Å². The van der Waals surface area contributed by atoms with Crippen LogP contribution in [0, 0.1) is 0 Å². The van der Waals surface area contributed by atoms with Crippen molar-refractivity contribution in [2.75, 3.05) is 7.11 Å². The van der Waals surface area contributed by atoms with Gasteiger partial charge in [-0.15, -0.1) is 0 Å². The SMILES string of the molecule is COc1cccc(-c2ccc(CNC(C)C)o2)c1. The van der Waals surface area contributed by atoms with E-state index in [0.717, 1.165) is 29.4 Å². The van der Waals surface area contributed by atoms with E-state index in [0.29, 0.717) is 6.04 Å². The largest absolute Gasteiger partial charge is 0.497 e. The lowest BCUT2D eigenvalue weighted by Gasteiger charge is -2.05. The average molecular weight is 245 g/mol. The van der Waals surface area contributed by atoms with Gasteiger partial charge in [-0.2, -0.15) is 0 Å². The third kappa shape index (κ3) is 3.14. The number of ether oxygens (including phenoxy) is 1. The van der Waals surface area contributed by atoms with Gasteiger partial charge in [0.25, 0.3) is 0 Å².